The van der Waals surface area contributed by atoms with Crippen molar-refractivity contribution in [3.05, 3.63) is 52.8 Å². The van der Waals surface area contributed by atoms with E-state index in [0.29, 0.717) is 12.2 Å². The predicted molar refractivity (Wildman–Crippen MR) is 98.4 cm³/mol. The van der Waals surface area contributed by atoms with E-state index in [-0.39, 0.29) is 17.9 Å². The van der Waals surface area contributed by atoms with Crippen molar-refractivity contribution in [2.24, 2.45) is 5.41 Å². The minimum atomic E-state index is -0.348. The molecule has 26 heavy (non-hydrogen) atoms. The zero-order chi connectivity index (χ0) is 18.1. The number of fused-ring (bicyclic) bond motifs is 1. The van der Waals surface area contributed by atoms with Crippen molar-refractivity contribution in [2.45, 2.75) is 39.5 Å². The van der Waals surface area contributed by atoms with E-state index in [0.717, 1.165) is 44.6 Å². The summed E-state index contributed by atoms with van der Waals surface area (Å²) in [5.74, 6) is 0.221. The zero-order valence-corrected chi connectivity index (χ0v) is 15.2. The topological polar surface area (TPSA) is 70.4 Å². The Morgan fingerprint density at radius 2 is 2.08 bits per heavy atom. The van der Waals surface area contributed by atoms with Gasteiger partial charge in [0.05, 0.1) is 17.7 Å². The summed E-state index contributed by atoms with van der Waals surface area (Å²) in [5.41, 5.74) is 3.78. The molecular formula is C20H26N4O2. The van der Waals surface area contributed by atoms with Crippen LogP contribution in [-0.2, 0) is 37.3 Å². The molecule has 4 rings (SSSR count). The second-order valence-corrected chi connectivity index (χ2v) is 7.37. The Hall–Kier alpha value is -2.18. The number of hydrogen-bond donors (Lipinski definition) is 2. The minimum Gasteiger partial charge on any atom is -0.390 e. The summed E-state index contributed by atoms with van der Waals surface area (Å²) in [4.78, 5) is 15.4. The van der Waals surface area contributed by atoms with Gasteiger partial charge in [0.15, 0.2) is 0 Å². The van der Waals surface area contributed by atoms with Crippen LogP contribution in [0.1, 0.15) is 29.4 Å². The lowest BCUT2D eigenvalue weighted by Crippen LogP contribution is -2.63. The van der Waals surface area contributed by atoms with Gasteiger partial charge in [-0.05, 0) is 18.9 Å². The Morgan fingerprint density at radius 3 is 2.69 bits per heavy atom. The average molecular weight is 354 g/mol. The van der Waals surface area contributed by atoms with Crippen LogP contribution in [0.2, 0.25) is 0 Å². The molecule has 2 N–H and O–H groups in total. The highest BCUT2D eigenvalue weighted by atomic mass is 16.3. The van der Waals surface area contributed by atoms with Crippen LogP contribution < -0.4 is 5.32 Å². The maximum Gasteiger partial charge on any atom is 0.232 e. The molecule has 2 aliphatic rings. The molecule has 3 heterocycles. The number of aromatic nitrogens is 2. The number of carbonyl (C=O) groups is 1. The van der Waals surface area contributed by atoms with E-state index in [9.17, 15) is 9.90 Å². The van der Waals surface area contributed by atoms with E-state index in [1.165, 1.54) is 11.3 Å². The number of aliphatic hydroxyl groups is 1. The number of rotatable bonds is 5. The molecule has 2 aromatic rings. The quantitative estimate of drug-likeness (QED) is 0.844. The van der Waals surface area contributed by atoms with E-state index in [2.05, 4.69) is 29.5 Å². The molecule has 1 fully saturated rings. The Labute approximate surface area is 153 Å². The second kappa shape index (κ2) is 6.85. The maximum absolute atomic E-state index is 13.4. The van der Waals surface area contributed by atoms with E-state index in [1.54, 1.807) is 0 Å². The van der Waals surface area contributed by atoms with E-state index in [4.69, 9.17) is 0 Å². The van der Waals surface area contributed by atoms with Gasteiger partial charge in [-0.15, -0.1) is 0 Å². The summed E-state index contributed by atoms with van der Waals surface area (Å²) in [5, 5.41) is 17.4. The summed E-state index contributed by atoms with van der Waals surface area (Å²) < 4.78 is 1.97. The molecule has 6 heteroatoms. The molecule has 1 saturated heterocycles. The Kier molecular flexibility index (Phi) is 4.54. The molecule has 0 saturated carbocycles. The highest BCUT2D eigenvalue weighted by molar-refractivity contribution is 5.85. The van der Waals surface area contributed by atoms with Crippen LogP contribution in [-0.4, -0.2) is 45.3 Å². The lowest BCUT2D eigenvalue weighted by atomic mass is 9.74. The van der Waals surface area contributed by atoms with Crippen molar-refractivity contribution in [1.29, 1.82) is 0 Å². The number of aryl methyl sites for hydroxylation is 1. The van der Waals surface area contributed by atoms with Gasteiger partial charge in [0.25, 0.3) is 0 Å². The summed E-state index contributed by atoms with van der Waals surface area (Å²) >= 11 is 0. The van der Waals surface area contributed by atoms with Gasteiger partial charge in [0, 0.05) is 50.4 Å². The first-order valence-electron chi connectivity index (χ1n) is 9.39. The number of benzene rings is 1. The van der Waals surface area contributed by atoms with Crippen LogP contribution in [0.4, 0.5) is 0 Å². The smallest absolute Gasteiger partial charge is 0.232 e. The van der Waals surface area contributed by atoms with Crippen molar-refractivity contribution in [1.82, 2.24) is 20.0 Å². The molecule has 0 unspecified atom stereocenters. The first kappa shape index (κ1) is 17.2. The largest absolute Gasteiger partial charge is 0.390 e. The van der Waals surface area contributed by atoms with Gasteiger partial charge < -0.3 is 15.3 Å². The first-order valence-corrected chi connectivity index (χ1v) is 9.39. The Bertz CT molecular complexity index is 796. The minimum absolute atomic E-state index is 0.0753. The fraction of sp³-hybridized carbons (Fsp3) is 0.500. The molecule has 1 aromatic heterocycles. The first-order chi connectivity index (χ1) is 12.7. The number of carbonyl (C=O) groups excluding carboxylic acids is 1. The summed E-state index contributed by atoms with van der Waals surface area (Å²) in [7, 11) is 0. The third-order valence-electron chi connectivity index (χ3n) is 5.72. The molecule has 0 atom stereocenters. The van der Waals surface area contributed by atoms with Crippen LogP contribution >= 0.6 is 0 Å². The fourth-order valence-corrected chi connectivity index (χ4v) is 4.22. The van der Waals surface area contributed by atoms with Crippen LogP contribution in [0.15, 0.2) is 30.3 Å². The van der Waals surface area contributed by atoms with E-state index < -0.39 is 0 Å². The highest BCUT2D eigenvalue weighted by Crippen LogP contribution is 2.33. The monoisotopic (exact) mass is 354 g/mol. The van der Waals surface area contributed by atoms with E-state index in [1.807, 2.05) is 27.8 Å². The number of aliphatic hydroxyl groups excluding tert-OH is 1. The van der Waals surface area contributed by atoms with Crippen molar-refractivity contribution >= 4 is 5.91 Å². The van der Waals surface area contributed by atoms with Gasteiger partial charge in [-0.3, -0.25) is 9.48 Å². The molecule has 0 aliphatic carbocycles. The molecule has 2 aliphatic heterocycles. The molecule has 6 nitrogen and oxygen atoms in total. The molecule has 1 aromatic carbocycles. The van der Waals surface area contributed by atoms with Crippen LogP contribution in [0.25, 0.3) is 0 Å². The van der Waals surface area contributed by atoms with Crippen LogP contribution in [0.5, 0.6) is 0 Å². The Morgan fingerprint density at radius 1 is 1.31 bits per heavy atom. The number of nitrogens with zero attached hydrogens (tertiary/aromatic N) is 3. The third kappa shape index (κ3) is 2.83. The normalized spacial score (nSPS) is 18.3. The van der Waals surface area contributed by atoms with E-state index >= 15 is 0 Å². The van der Waals surface area contributed by atoms with Crippen LogP contribution in [0, 0.1) is 5.41 Å². The van der Waals surface area contributed by atoms with Gasteiger partial charge in [0.1, 0.15) is 0 Å². The summed E-state index contributed by atoms with van der Waals surface area (Å²) in [6, 6.07) is 10.2. The van der Waals surface area contributed by atoms with Gasteiger partial charge >= 0.3 is 0 Å². The van der Waals surface area contributed by atoms with Gasteiger partial charge in [0.2, 0.25) is 5.91 Å². The zero-order valence-electron chi connectivity index (χ0n) is 15.2. The van der Waals surface area contributed by atoms with Crippen molar-refractivity contribution in [3.63, 3.8) is 0 Å². The number of hydrogen-bond acceptors (Lipinski definition) is 4. The molecular weight excluding hydrogens is 328 g/mol. The van der Waals surface area contributed by atoms with Crippen molar-refractivity contribution in [3.8, 4) is 0 Å². The molecule has 0 spiro atoms. The lowest BCUT2D eigenvalue weighted by Gasteiger charge is -2.45. The van der Waals surface area contributed by atoms with Crippen LogP contribution in [0.3, 0.4) is 0 Å². The lowest BCUT2D eigenvalue weighted by molar-refractivity contribution is -0.146. The third-order valence-corrected chi connectivity index (χ3v) is 5.72. The predicted octanol–water partition coefficient (Wildman–Crippen LogP) is 1.11. The second-order valence-electron chi connectivity index (χ2n) is 7.37. The molecule has 0 radical (unpaired) electrons. The van der Waals surface area contributed by atoms with Crippen molar-refractivity contribution in [2.75, 3.05) is 19.6 Å². The summed E-state index contributed by atoms with van der Waals surface area (Å²) in [6.07, 6.45) is 1.57. The SMILES string of the molecule is CCn1nc(CO)c2c1CCN(C(=O)C1(Cc3ccccc3)CNC1)C2. The standard InChI is InChI=1S/C20H26N4O2/c1-2-24-18-8-9-23(11-16(18)17(12-25)22-24)19(26)20(13-21-14-20)10-15-6-4-3-5-7-15/h3-7,21,25H,2,8-14H2,1H3. The highest BCUT2D eigenvalue weighted by Gasteiger charge is 2.47. The number of nitrogens with one attached hydrogen (secondary N) is 1. The molecule has 1 amide bonds. The van der Waals surface area contributed by atoms with Gasteiger partial charge in [-0.1, -0.05) is 30.3 Å². The maximum atomic E-state index is 13.4. The molecule has 0 bridgehead atoms. The average Bonchev–Trinajstić information content (AvgIpc) is 3.02. The van der Waals surface area contributed by atoms with Gasteiger partial charge in [-0.25, -0.2) is 0 Å². The van der Waals surface area contributed by atoms with Crippen molar-refractivity contribution < 1.29 is 9.90 Å². The van der Waals surface area contributed by atoms with Gasteiger partial charge in [-0.2, -0.15) is 5.10 Å². The Balaban J connectivity index is 1.56. The summed E-state index contributed by atoms with van der Waals surface area (Å²) in [6.45, 7) is 5.50. The fourth-order valence-electron chi connectivity index (χ4n) is 4.22. The molecule has 138 valence electrons. The number of amides is 1.